The van der Waals surface area contributed by atoms with Gasteiger partial charge in [-0.2, -0.15) is 0 Å². The first-order valence-electron chi connectivity index (χ1n) is 8.94. The monoisotopic (exact) mass is 417 g/mol. The molecule has 2 rings (SSSR count). The summed E-state index contributed by atoms with van der Waals surface area (Å²) in [6.45, 7) is 3.62. The van der Waals surface area contributed by atoms with E-state index in [-0.39, 0.29) is 23.2 Å². The van der Waals surface area contributed by atoms with Gasteiger partial charge in [0.1, 0.15) is 11.7 Å². The third kappa shape index (κ3) is 5.56. The van der Waals surface area contributed by atoms with Gasteiger partial charge in [-0.3, -0.25) is 9.59 Å². The second kappa shape index (κ2) is 9.53. The maximum atomic E-state index is 14.0. The van der Waals surface area contributed by atoms with E-state index in [0.29, 0.717) is 12.8 Å². The molecule has 28 heavy (non-hydrogen) atoms. The van der Waals surface area contributed by atoms with Crippen molar-refractivity contribution < 1.29 is 28.4 Å². The number of hydrogen-bond donors (Lipinski definition) is 4. The Kier molecular flexibility index (Phi) is 7.62. The topological polar surface area (TPSA) is 102 Å². The summed E-state index contributed by atoms with van der Waals surface area (Å²) in [5.74, 6) is -3.62. The third-order valence-electron chi connectivity index (χ3n) is 4.45. The smallest absolute Gasteiger partial charge is 0.426 e. The lowest BCUT2D eigenvalue weighted by molar-refractivity contribution is -0.127. The van der Waals surface area contributed by atoms with Crippen molar-refractivity contribution in [2.24, 2.45) is 5.92 Å². The van der Waals surface area contributed by atoms with Gasteiger partial charge in [0.25, 0.3) is 0 Å². The number of amides is 2. The summed E-state index contributed by atoms with van der Waals surface area (Å²) in [7, 11) is -1.72. The minimum Gasteiger partial charge on any atom is -0.426 e. The van der Waals surface area contributed by atoms with Crippen LogP contribution in [0.2, 0.25) is 5.02 Å². The lowest BCUT2D eigenvalue weighted by atomic mass is 9.75. The Bertz CT molecular complexity index is 715. The van der Waals surface area contributed by atoms with Crippen LogP contribution in [0.15, 0.2) is 12.1 Å². The molecule has 154 valence electrons. The minimum absolute atomic E-state index is 0.0843. The van der Waals surface area contributed by atoms with Gasteiger partial charge < -0.3 is 25.6 Å². The van der Waals surface area contributed by atoms with Gasteiger partial charge in [0.2, 0.25) is 11.8 Å². The number of rotatable bonds is 8. The van der Waals surface area contributed by atoms with E-state index >= 15 is 0 Å². The molecule has 0 radical (unpaired) electrons. The van der Waals surface area contributed by atoms with Crippen LogP contribution in [0.3, 0.4) is 0 Å². The van der Waals surface area contributed by atoms with Crippen LogP contribution in [0.25, 0.3) is 0 Å². The molecular formula is C17H23BClF2N3O4. The van der Waals surface area contributed by atoms with E-state index in [2.05, 4.69) is 10.6 Å². The number of nitrogens with zero attached hydrogens (tertiary/aromatic N) is 1. The molecule has 1 heterocycles. The van der Waals surface area contributed by atoms with Crippen molar-refractivity contribution in [1.29, 1.82) is 0 Å². The van der Waals surface area contributed by atoms with Crippen LogP contribution in [0.1, 0.15) is 26.7 Å². The van der Waals surface area contributed by atoms with Crippen molar-refractivity contribution in [3.63, 3.8) is 0 Å². The molecule has 1 aromatic carbocycles. The van der Waals surface area contributed by atoms with Gasteiger partial charge in [-0.05, 0) is 30.9 Å². The maximum absolute atomic E-state index is 14.0. The highest BCUT2D eigenvalue weighted by atomic mass is 35.5. The summed E-state index contributed by atoms with van der Waals surface area (Å²) in [5.41, 5.74) is -0.333. The van der Waals surface area contributed by atoms with Crippen molar-refractivity contribution in [1.82, 2.24) is 10.6 Å². The predicted octanol–water partition coefficient (Wildman–Crippen LogP) is 0.856. The van der Waals surface area contributed by atoms with E-state index in [0.717, 1.165) is 12.1 Å². The third-order valence-corrected chi connectivity index (χ3v) is 4.66. The van der Waals surface area contributed by atoms with E-state index in [1.807, 2.05) is 13.8 Å². The largest absolute Gasteiger partial charge is 0.475 e. The zero-order chi connectivity index (χ0) is 21.0. The van der Waals surface area contributed by atoms with E-state index < -0.39 is 49.1 Å². The molecule has 11 heteroatoms. The second-order valence-corrected chi connectivity index (χ2v) is 7.59. The summed E-state index contributed by atoms with van der Waals surface area (Å²) < 4.78 is 28.1. The number of carbonyl (C=O) groups excluding carboxylic acids is 2. The molecule has 0 aromatic heterocycles. The molecule has 1 fully saturated rings. The van der Waals surface area contributed by atoms with Crippen LogP contribution in [-0.2, 0) is 9.59 Å². The fraction of sp³-hybridized carbons (Fsp3) is 0.529. The van der Waals surface area contributed by atoms with Crippen LogP contribution in [0, 0.1) is 17.6 Å². The highest BCUT2D eigenvalue weighted by Gasteiger charge is 2.37. The average Bonchev–Trinajstić information content (AvgIpc) is 2.53. The fourth-order valence-corrected chi connectivity index (χ4v) is 3.23. The van der Waals surface area contributed by atoms with E-state index in [9.17, 15) is 28.4 Å². The summed E-state index contributed by atoms with van der Waals surface area (Å²) >= 11 is 5.61. The summed E-state index contributed by atoms with van der Waals surface area (Å²) in [6.07, 6.45) is 0.725. The molecule has 0 spiro atoms. The van der Waals surface area contributed by atoms with Crippen LogP contribution in [-0.4, -0.2) is 54.1 Å². The molecule has 1 saturated heterocycles. The molecule has 1 aliphatic heterocycles. The Morgan fingerprint density at radius 2 is 1.93 bits per heavy atom. The Balaban J connectivity index is 1.92. The highest BCUT2D eigenvalue weighted by Crippen LogP contribution is 2.33. The van der Waals surface area contributed by atoms with Crippen molar-refractivity contribution in [3.8, 4) is 0 Å². The molecule has 0 aliphatic carbocycles. The van der Waals surface area contributed by atoms with Gasteiger partial charge in [-0.1, -0.05) is 25.4 Å². The number of benzene rings is 1. The first-order valence-corrected chi connectivity index (χ1v) is 9.32. The standard InChI is InChI=1S/C17H23BClF2N3O4/c1-9(2)5-14(18(27)28)23-15(25)8-22-17(26)13-3-4-24(13)16-11(20)6-10(19)7-12(16)21/h6-7,9,13-14,27-28H,3-5,8H2,1-2H3,(H,22,26)(H,23,25)/t13-,14+/m0/s1. The van der Waals surface area contributed by atoms with Crippen LogP contribution in [0.4, 0.5) is 14.5 Å². The Hall–Kier alpha value is -1.91. The molecule has 0 bridgehead atoms. The maximum Gasteiger partial charge on any atom is 0.475 e. The average molecular weight is 418 g/mol. The van der Waals surface area contributed by atoms with Gasteiger partial charge >= 0.3 is 7.12 Å². The molecule has 1 aromatic rings. The van der Waals surface area contributed by atoms with Crippen molar-refractivity contribution in [3.05, 3.63) is 28.8 Å². The lowest BCUT2D eigenvalue weighted by Gasteiger charge is -2.41. The van der Waals surface area contributed by atoms with Gasteiger partial charge in [0, 0.05) is 11.6 Å². The van der Waals surface area contributed by atoms with Gasteiger partial charge in [0.15, 0.2) is 11.6 Å². The van der Waals surface area contributed by atoms with Crippen LogP contribution < -0.4 is 15.5 Å². The lowest BCUT2D eigenvalue weighted by Crippen LogP contribution is -2.58. The number of carbonyl (C=O) groups is 2. The number of halogens is 3. The normalized spacial score (nSPS) is 17.1. The van der Waals surface area contributed by atoms with Crippen LogP contribution in [0.5, 0.6) is 0 Å². The Labute approximate surface area is 167 Å². The number of nitrogens with one attached hydrogen (secondary N) is 2. The first-order chi connectivity index (χ1) is 13.1. The molecule has 7 nitrogen and oxygen atoms in total. The van der Waals surface area contributed by atoms with Crippen molar-refractivity contribution >= 4 is 36.2 Å². The minimum atomic E-state index is -1.72. The second-order valence-electron chi connectivity index (χ2n) is 7.15. The number of hydrogen-bond acceptors (Lipinski definition) is 5. The predicted molar refractivity (Wildman–Crippen MR) is 102 cm³/mol. The summed E-state index contributed by atoms with van der Waals surface area (Å²) in [6, 6.07) is 1.12. The van der Waals surface area contributed by atoms with Crippen molar-refractivity contribution in [2.75, 3.05) is 18.0 Å². The SMILES string of the molecule is CC(C)C[C@@H](NC(=O)CNC(=O)[C@@H]1CCN1c1c(F)cc(Cl)cc1F)B(O)O. The van der Waals surface area contributed by atoms with Crippen LogP contribution >= 0.6 is 11.6 Å². The first kappa shape index (κ1) is 22.4. The Morgan fingerprint density at radius 3 is 2.39 bits per heavy atom. The highest BCUT2D eigenvalue weighted by molar-refractivity contribution is 6.43. The molecule has 4 N–H and O–H groups in total. The molecule has 0 saturated carbocycles. The van der Waals surface area contributed by atoms with Gasteiger partial charge in [-0.25, -0.2) is 8.78 Å². The van der Waals surface area contributed by atoms with Gasteiger partial charge in [0.05, 0.1) is 12.5 Å². The Morgan fingerprint density at radius 1 is 1.32 bits per heavy atom. The zero-order valence-corrected chi connectivity index (χ0v) is 16.3. The van der Waals surface area contributed by atoms with E-state index in [1.54, 1.807) is 0 Å². The summed E-state index contributed by atoms with van der Waals surface area (Å²) in [5, 5.41) is 23.4. The molecule has 0 unspecified atom stereocenters. The molecule has 2 amide bonds. The zero-order valence-electron chi connectivity index (χ0n) is 15.6. The molecular weight excluding hydrogens is 394 g/mol. The molecule has 1 aliphatic rings. The van der Waals surface area contributed by atoms with Crippen molar-refractivity contribution in [2.45, 2.75) is 38.7 Å². The summed E-state index contributed by atoms with van der Waals surface area (Å²) in [4.78, 5) is 25.5. The quantitative estimate of drug-likeness (QED) is 0.470. The fourth-order valence-electron chi connectivity index (χ4n) is 3.04. The molecule has 2 atom stereocenters. The van der Waals surface area contributed by atoms with E-state index in [4.69, 9.17) is 11.6 Å². The van der Waals surface area contributed by atoms with Gasteiger partial charge in [-0.15, -0.1) is 0 Å². The number of anilines is 1. The van der Waals surface area contributed by atoms with E-state index in [1.165, 1.54) is 4.90 Å².